The summed E-state index contributed by atoms with van der Waals surface area (Å²) in [6.45, 7) is 4.07. The van der Waals surface area contributed by atoms with Gasteiger partial charge in [0.15, 0.2) is 21.3 Å². The second kappa shape index (κ2) is 9.03. The SMILES string of the molecule is CC(C)c1noc(C2CCC(Oc3ccnc4c(-c5ccc(S(C)(=O)=O)cc5F)cnn34)CC2)n1. The Bertz CT molecular complexity index is 1470. The van der Waals surface area contributed by atoms with Gasteiger partial charge in [-0.15, -0.1) is 0 Å². The fourth-order valence-corrected chi connectivity index (χ4v) is 4.97. The molecular weight excluding hydrogens is 473 g/mol. The summed E-state index contributed by atoms with van der Waals surface area (Å²) < 4.78 is 51.5. The van der Waals surface area contributed by atoms with Crippen LogP contribution in [0.4, 0.5) is 4.39 Å². The van der Waals surface area contributed by atoms with Crippen molar-refractivity contribution in [3.63, 3.8) is 0 Å². The van der Waals surface area contributed by atoms with Gasteiger partial charge in [0.25, 0.3) is 0 Å². The Hall–Kier alpha value is -3.34. The van der Waals surface area contributed by atoms with Crippen molar-refractivity contribution in [2.75, 3.05) is 6.26 Å². The van der Waals surface area contributed by atoms with Crippen LogP contribution in [0.15, 0.2) is 46.1 Å². The Morgan fingerprint density at radius 2 is 1.91 bits per heavy atom. The highest BCUT2D eigenvalue weighted by Crippen LogP contribution is 2.35. The molecule has 3 heterocycles. The molecule has 5 rings (SSSR count). The van der Waals surface area contributed by atoms with Crippen molar-refractivity contribution in [3.05, 3.63) is 54.2 Å². The van der Waals surface area contributed by atoms with Crippen molar-refractivity contribution in [1.82, 2.24) is 24.7 Å². The molecule has 0 atom stereocenters. The lowest BCUT2D eigenvalue weighted by molar-refractivity contribution is 0.130. The monoisotopic (exact) mass is 499 g/mol. The van der Waals surface area contributed by atoms with Crippen LogP contribution in [0.1, 0.15) is 63.1 Å². The summed E-state index contributed by atoms with van der Waals surface area (Å²) in [5.41, 5.74) is 1.10. The van der Waals surface area contributed by atoms with E-state index in [0.717, 1.165) is 43.8 Å². The highest BCUT2D eigenvalue weighted by atomic mass is 32.2. The number of halogens is 1. The minimum atomic E-state index is -3.51. The fourth-order valence-electron chi connectivity index (χ4n) is 4.34. The normalized spacial score (nSPS) is 18.9. The van der Waals surface area contributed by atoms with Crippen molar-refractivity contribution in [2.45, 2.75) is 62.4 Å². The van der Waals surface area contributed by atoms with E-state index in [1.165, 1.54) is 22.8 Å². The molecule has 1 aliphatic rings. The Kier molecular flexibility index (Phi) is 6.04. The molecule has 0 spiro atoms. The minimum Gasteiger partial charge on any atom is -0.474 e. The van der Waals surface area contributed by atoms with Gasteiger partial charge in [0.2, 0.25) is 11.8 Å². The number of ether oxygens (including phenoxy) is 1. The van der Waals surface area contributed by atoms with Gasteiger partial charge >= 0.3 is 0 Å². The lowest BCUT2D eigenvalue weighted by Crippen LogP contribution is -2.24. The van der Waals surface area contributed by atoms with Crippen molar-refractivity contribution < 1.29 is 22.1 Å². The van der Waals surface area contributed by atoms with Crippen molar-refractivity contribution in [3.8, 4) is 17.0 Å². The maximum atomic E-state index is 14.8. The lowest BCUT2D eigenvalue weighted by Gasteiger charge is -2.27. The van der Waals surface area contributed by atoms with Crippen LogP contribution in [0.2, 0.25) is 0 Å². The van der Waals surface area contributed by atoms with Gasteiger partial charge in [-0.05, 0) is 43.9 Å². The topological polar surface area (TPSA) is 112 Å². The van der Waals surface area contributed by atoms with Gasteiger partial charge in [-0.1, -0.05) is 19.0 Å². The standard InChI is InChI=1S/C24H26FN5O4S/c1-14(2)22-28-24(34-29-22)15-4-6-16(7-5-15)33-21-10-11-26-23-19(13-27-30(21)23)18-9-8-17(12-20(18)25)35(3,31)32/h8-16H,4-7H2,1-3H3. The number of aromatic nitrogens is 5. The van der Waals surface area contributed by atoms with Crippen molar-refractivity contribution in [2.24, 2.45) is 0 Å². The van der Waals surface area contributed by atoms with Gasteiger partial charge in [-0.25, -0.2) is 17.8 Å². The van der Waals surface area contributed by atoms with E-state index in [1.54, 1.807) is 12.3 Å². The average Bonchev–Trinajstić information content (AvgIpc) is 3.47. The molecule has 1 saturated carbocycles. The third kappa shape index (κ3) is 4.64. The summed E-state index contributed by atoms with van der Waals surface area (Å²) in [6, 6.07) is 5.55. The van der Waals surface area contributed by atoms with Crippen molar-refractivity contribution in [1.29, 1.82) is 0 Å². The molecular formula is C24H26FN5O4S. The number of benzene rings is 1. The summed E-state index contributed by atoms with van der Waals surface area (Å²) in [4.78, 5) is 8.82. The second-order valence-electron chi connectivity index (χ2n) is 9.23. The minimum absolute atomic E-state index is 0.0113. The Labute approximate surface area is 202 Å². The van der Waals surface area contributed by atoms with Gasteiger partial charge in [0.1, 0.15) is 11.9 Å². The molecule has 0 amide bonds. The molecule has 35 heavy (non-hydrogen) atoms. The third-order valence-corrected chi connectivity index (χ3v) is 7.42. The smallest absolute Gasteiger partial charge is 0.229 e. The van der Waals surface area contributed by atoms with E-state index in [0.29, 0.717) is 23.0 Å². The zero-order valence-electron chi connectivity index (χ0n) is 19.7. The summed E-state index contributed by atoms with van der Waals surface area (Å²) in [5.74, 6) is 1.73. The first-order valence-corrected chi connectivity index (χ1v) is 13.4. The molecule has 0 aliphatic heterocycles. The van der Waals surface area contributed by atoms with E-state index in [2.05, 4.69) is 20.2 Å². The van der Waals surface area contributed by atoms with Crippen LogP contribution in [0.5, 0.6) is 5.88 Å². The molecule has 0 bridgehead atoms. The Balaban J connectivity index is 1.33. The number of rotatable bonds is 6. The Morgan fingerprint density at radius 3 is 2.57 bits per heavy atom. The van der Waals surface area contributed by atoms with Crippen molar-refractivity contribution >= 4 is 15.5 Å². The molecule has 4 aromatic rings. The van der Waals surface area contributed by atoms with E-state index < -0.39 is 15.7 Å². The molecule has 184 valence electrons. The van der Waals surface area contributed by atoms with Crippen LogP contribution in [-0.2, 0) is 9.84 Å². The van der Waals surface area contributed by atoms with Crippen LogP contribution in [0, 0.1) is 5.82 Å². The molecule has 1 fully saturated rings. The molecule has 3 aromatic heterocycles. The number of hydrogen-bond acceptors (Lipinski definition) is 8. The maximum Gasteiger partial charge on any atom is 0.229 e. The number of hydrogen-bond donors (Lipinski definition) is 0. The van der Waals surface area contributed by atoms with E-state index in [1.807, 2.05) is 13.8 Å². The van der Waals surface area contributed by atoms with E-state index in [4.69, 9.17) is 9.26 Å². The first-order valence-electron chi connectivity index (χ1n) is 11.5. The highest BCUT2D eigenvalue weighted by Gasteiger charge is 2.28. The fraction of sp³-hybridized carbons (Fsp3) is 0.417. The van der Waals surface area contributed by atoms with Gasteiger partial charge in [0.05, 0.1) is 11.1 Å². The molecule has 0 saturated heterocycles. The number of fused-ring (bicyclic) bond motifs is 1. The highest BCUT2D eigenvalue weighted by molar-refractivity contribution is 7.90. The lowest BCUT2D eigenvalue weighted by atomic mass is 9.87. The van der Waals surface area contributed by atoms with Crippen LogP contribution in [0.3, 0.4) is 0 Å². The summed E-state index contributed by atoms with van der Waals surface area (Å²) in [7, 11) is -3.51. The van der Waals surface area contributed by atoms with Crippen LogP contribution >= 0.6 is 0 Å². The van der Waals surface area contributed by atoms with Crippen LogP contribution < -0.4 is 4.74 Å². The Morgan fingerprint density at radius 1 is 1.14 bits per heavy atom. The first kappa shape index (κ1) is 23.4. The maximum absolute atomic E-state index is 14.8. The molecule has 1 aliphatic carbocycles. The number of sulfone groups is 1. The average molecular weight is 500 g/mol. The van der Waals surface area contributed by atoms with Gasteiger partial charge in [0, 0.05) is 41.5 Å². The van der Waals surface area contributed by atoms with E-state index in [-0.39, 0.29) is 28.4 Å². The molecule has 0 radical (unpaired) electrons. The van der Waals surface area contributed by atoms with Crippen LogP contribution in [0.25, 0.3) is 16.8 Å². The predicted octanol–water partition coefficient (Wildman–Crippen LogP) is 4.55. The molecule has 0 unspecified atom stereocenters. The van der Waals surface area contributed by atoms with E-state index in [9.17, 15) is 12.8 Å². The molecule has 11 heteroatoms. The zero-order chi connectivity index (χ0) is 24.7. The first-order chi connectivity index (χ1) is 16.7. The zero-order valence-corrected chi connectivity index (χ0v) is 20.5. The third-order valence-electron chi connectivity index (χ3n) is 6.31. The summed E-state index contributed by atoms with van der Waals surface area (Å²) in [5, 5.41) is 8.44. The van der Waals surface area contributed by atoms with Gasteiger partial charge in [-0.3, -0.25) is 0 Å². The summed E-state index contributed by atoms with van der Waals surface area (Å²) >= 11 is 0. The number of nitrogens with zero attached hydrogens (tertiary/aromatic N) is 5. The molecule has 0 N–H and O–H groups in total. The van der Waals surface area contributed by atoms with Gasteiger partial charge < -0.3 is 9.26 Å². The van der Waals surface area contributed by atoms with E-state index >= 15 is 0 Å². The second-order valence-corrected chi connectivity index (χ2v) is 11.2. The predicted molar refractivity (Wildman–Crippen MR) is 126 cm³/mol. The van der Waals surface area contributed by atoms with Crippen LogP contribution in [-0.4, -0.2) is 45.5 Å². The summed E-state index contributed by atoms with van der Waals surface area (Å²) in [6.07, 6.45) is 7.53. The largest absolute Gasteiger partial charge is 0.474 e. The molecule has 9 nitrogen and oxygen atoms in total. The molecule has 1 aromatic carbocycles. The quantitative estimate of drug-likeness (QED) is 0.380. The van der Waals surface area contributed by atoms with Gasteiger partial charge in [-0.2, -0.15) is 14.6 Å².